The van der Waals surface area contributed by atoms with Gasteiger partial charge in [0.2, 0.25) is 0 Å². The zero-order valence-corrected chi connectivity index (χ0v) is 17.3. The van der Waals surface area contributed by atoms with Crippen molar-refractivity contribution in [1.82, 2.24) is 25.3 Å². The Bertz CT molecular complexity index is 750. The number of rotatable bonds is 7. The molecule has 28 heavy (non-hydrogen) atoms. The molecule has 1 fully saturated rings. The van der Waals surface area contributed by atoms with E-state index < -0.39 is 0 Å². The number of nitrogens with zero attached hydrogens (tertiary/aromatic N) is 3. The zero-order chi connectivity index (χ0) is 19.9. The maximum atomic E-state index is 12.3. The average molecular weight is 384 g/mol. The van der Waals surface area contributed by atoms with Gasteiger partial charge in [0.25, 0.3) is 0 Å². The fourth-order valence-electron chi connectivity index (χ4n) is 3.80. The maximum absolute atomic E-state index is 12.3. The Morgan fingerprint density at radius 1 is 1.21 bits per heavy atom. The van der Waals surface area contributed by atoms with E-state index in [0.29, 0.717) is 12.5 Å². The molecule has 3 rings (SSSR count). The van der Waals surface area contributed by atoms with Gasteiger partial charge in [-0.3, -0.25) is 9.58 Å². The van der Waals surface area contributed by atoms with Crippen molar-refractivity contribution in [2.45, 2.75) is 52.7 Å². The second kappa shape index (κ2) is 9.73. The average Bonchev–Trinajstić information content (AvgIpc) is 2.99. The number of carbonyl (C=O) groups excluding carboxylic acids is 1. The highest BCUT2D eigenvalue weighted by Gasteiger charge is 2.20. The number of carbonyl (C=O) groups is 1. The summed E-state index contributed by atoms with van der Waals surface area (Å²) in [6, 6.07) is 12.9. The highest BCUT2D eigenvalue weighted by atomic mass is 16.2. The Balaban J connectivity index is 1.33. The molecule has 2 amide bonds. The van der Waals surface area contributed by atoms with Crippen molar-refractivity contribution in [3.05, 3.63) is 53.3 Å². The van der Waals surface area contributed by atoms with Crippen molar-refractivity contribution >= 4 is 6.03 Å². The van der Waals surface area contributed by atoms with Gasteiger partial charge in [-0.05, 0) is 44.2 Å². The van der Waals surface area contributed by atoms with Crippen molar-refractivity contribution in [2.24, 2.45) is 5.92 Å². The van der Waals surface area contributed by atoms with Crippen LogP contribution in [0.4, 0.5) is 4.79 Å². The summed E-state index contributed by atoms with van der Waals surface area (Å²) in [5.41, 5.74) is 3.55. The molecule has 152 valence electrons. The van der Waals surface area contributed by atoms with Crippen molar-refractivity contribution in [2.75, 3.05) is 19.6 Å². The first-order valence-electron chi connectivity index (χ1n) is 10.3. The molecule has 0 bridgehead atoms. The zero-order valence-electron chi connectivity index (χ0n) is 17.3. The summed E-state index contributed by atoms with van der Waals surface area (Å²) in [6.07, 6.45) is 2.00. The second-order valence-corrected chi connectivity index (χ2v) is 8.10. The predicted molar refractivity (Wildman–Crippen MR) is 112 cm³/mol. The van der Waals surface area contributed by atoms with Gasteiger partial charge in [-0.15, -0.1) is 0 Å². The predicted octanol–water partition coefficient (Wildman–Crippen LogP) is 3.10. The van der Waals surface area contributed by atoms with Crippen LogP contribution in [0.2, 0.25) is 0 Å². The SMILES string of the molecule is Cc1cc(C)n(CC(C)CNC(=O)NC2CCN(Cc3ccccc3)CC2)n1. The van der Waals surface area contributed by atoms with Gasteiger partial charge < -0.3 is 10.6 Å². The van der Waals surface area contributed by atoms with Gasteiger partial charge in [0, 0.05) is 44.5 Å². The van der Waals surface area contributed by atoms with E-state index in [9.17, 15) is 4.79 Å². The van der Waals surface area contributed by atoms with E-state index in [4.69, 9.17) is 0 Å². The summed E-state index contributed by atoms with van der Waals surface area (Å²) in [5, 5.41) is 10.7. The number of nitrogens with one attached hydrogen (secondary N) is 2. The molecule has 1 aliphatic heterocycles. The number of urea groups is 1. The van der Waals surface area contributed by atoms with Gasteiger partial charge in [0.15, 0.2) is 0 Å². The molecular formula is C22H33N5O. The third-order valence-corrected chi connectivity index (χ3v) is 5.37. The van der Waals surface area contributed by atoms with Crippen LogP contribution in [0.3, 0.4) is 0 Å². The number of likely N-dealkylation sites (tertiary alicyclic amines) is 1. The van der Waals surface area contributed by atoms with Crippen LogP contribution in [0.25, 0.3) is 0 Å². The lowest BCUT2D eigenvalue weighted by Gasteiger charge is -2.32. The molecule has 2 heterocycles. The van der Waals surface area contributed by atoms with Crippen LogP contribution >= 0.6 is 0 Å². The molecule has 1 saturated heterocycles. The normalized spacial score (nSPS) is 16.7. The van der Waals surface area contributed by atoms with Crippen molar-refractivity contribution in [1.29, 1.82) is 0 Å². The molecule has 0 spiro atoms. The monoisotopic (exact) mass is 383 g/mol. The third-order valence-electron chi connectivity index (χ3n) is 5.37. The van der Waals surface area contributed by atoms with Gasteiger partial charge in [-0.2, -0.15) is 5.10 Å². The van der Waals surface area contributed by atoms with Gasteiger partial charge >= 0.3 is 6.03 Å². The number of aryl methyl sites for hydroxylation is 2. The topological polar surface area (TPSA) is 62.2 Å². The number of piperidine rings is 1. The highest BCUT2D eigenvalue weighted by molar-refractivity contribution is 5.74. The first-order chi connectivity index (χ1) is 13.5. The first-order valence-corrected chi connectivity index (χ1v) is 10.3. The Morgan fingerprint density at radius 3 is 2.57 bits per heavy atom. The molecule has 1 aromatic heterocycles. The molecule has 0 saturated carbocycles. The summed E-state index contributed by atoms with van der Waals surface area (Å²) in [4.78, 5) is 14.7. The van der Waals surface area contributed by atoms with Crippen LogP contribution < -0.4 is 10.6 Å². The number of aromatic nitrogens is 2. The quantitative estimate of drug-likeness (QED) is 0.772. The largest absolute Gasteiger partial charge is 0.338 e. The number of amides is 2. The van der Waals surface area contributed by atoms with Crippen LogP contribution in [-0.2, 0) is 13.1 Å². The molecule has 2 N–H and O–H groups in total. The maximum Gasteiger partial charge on any atom is 0.315 e. The van der Waals surface area contributed by atoms with E-state index in [0.717, 1.165) is 50.4 Å². The summed E-state index contributed by atoms with van der Waals surface area (Å²) in [5.74, 6) is 0.330. The molecule has 1 aliphatic rings. The van der Waals surface area contributed by atoms with Gasteiger partial charge in [-0.25, -0.2) is 4.79 Å². The standard InChI is InChI=1S/C22H33N5O/c1-17(15-27-19(3)13-18(2)25-27)14-23-22(28)24-21-9-11-26(12-10-21)16-20-7-5-4-6-8-20/h4-8,13,17,21H,9-12,14-16H2,1-3H3,(H2,23,24,28). The van der Waals surface area contributed by atoms with Crippen LogP contribution in [0, 0.1) is 19.8 Å². The Labute approximate surface area is 168 Å². The minimum Gasteiger partial charge on any atom is -0.338 e. The number of hydrogen-bond acceptors (Lipinski definition) is 3. The first kappa shape index (κ1) is 20.4. The molecule has 6 nitrogen and oxygen atoms in total. The number of benzene rings is 1. The minimum absolute atomic E-state index is 0.0540. The lowest BCUT2D eigenvalue weighted by molar-refractivity contribution is 0.186. The van der Waals surface area contributed by atoms with Crippen molar-refractivity contribution < 1.29 is 4.79 Å². The fourth-order valence-corrected chi connectivity index (χ4v) is 3.80. The van der Waals surface area contributed by atoms with E-state index in [1.54, 1.807) is 0 Å². The van der Waals surface area contributed by atoms with E-state index in [1.165, 1.54) is 5.56 Å². The van der Waals surface area contributed by atoms with Crippen LogP contribution in [0.5, 0.6) is 0 Å². The molecule has 0 radical (unpaired) electrons. The van der Waals surface area contributed by atoms with Gasteiger partial charge in [0.1, 0.15) is 0 Å². The van der Waals surface area contributed by atoms with E-state index in [2.05, 4.69) is 70.9 Å². The van der Waals surface area contributed by atoms with Crippen LogP contribution in [0.15, 0.2) is 36.4 Å². The summed E-state index contributed by atoms with van der Waals surface area (Å²) in [7, 11) is 0. The Morgan fingerprint density at radius 2 is 1.93 bits per heavy atom. The van der Waals surface area contributed by atoms with Crippen LogP contribution in [0.1, 0.15) is 36.7 Å². The smallest absolute Gasteiger partial charge is 0.315 e. The molecule has 1 aromatic carbocycles. The number of hydrogen-bond donors (Lipinski definition) is 2. The van der Waals surface area contributed by atoms with Gasteiger partial charge in [-0.1, -0.05) is 37.3 Å². The van der Waals surface area contributed by atoms with E-state index in [-0.39, 0.29) is 12.1 Å². The van der Waals surface area contributed by atoms with Crippen LogP contribution in [-0.4, -0.2) is 46.4 Å². The summed E-state index contributed by atoms with van der Waals surface area (Å²) in [6.45, 7) is 10.7. The molecule has 0 aliphatic carbocycles. The third kappa shape index (κ3) is 6.09. The molecule has 1 unspecified atom stereocenters. The minimum atomic E-state index is -0.0540. The van der Waals surface area contributed by atoms with Gasteiger partial charge in [0.05, 0.1) is 5.69 Å². The summed E-state index contributed by atoms with van der Waals surface area (Å²) >= 11 is 0. The fraction of sp³-hybridized carbons (Fsp3) is 0.545. The lowest BCUT2D eigenvalue weighted by Crippen LogP contribution is -2.48. The molecule has 2 aromatic rings. The Hall–Kier alpha value is -2.34. The van der Waals surface area contributed by atoms with E-state index in [1.807, 2.05) is 11.6 Å². The highest BCUT2D eigenvalue weighted by Crippen LogP contribution is 2.14. The molecule has 6 heteroatoms. The second-order valence-electron chi connectivity index (χ2n) is 8.10. The Kier molecular flexibility index (Phi) is 7.09. The van der Waals surface area contributed by atoms with Crippen molar-refractivity contribution in [3.63, 3.8) is 0 Å². The van der Waals surface area contributed by atoms with E-state index >= 15 is 0 Å². The molecule has 1 atom stereocenters. The summed E-state index contributed by atoms with van der Waals surface area (Å²) < 4.78 is 2.02. The van der Waals surface area contributed by atoms with Crippen molar-refractivity contribution in [3.8, 4) is 0 Å². The lowest BCUT2D eigenvalue weighted by atomic mass is 10.0. The molecular weight excluding hydrogens is 350 g/mol.